The number of pyridine rings is 1. The Kier molecular flexibility index (Phi) is 5.34. The molecule has 4 aromatic rings. The lowest BCUT2D eigenvalue weighted by molar-refractivity contribution is 0.416. The molecular formula is C24H17Cl2NO. The summed E-state index contributed by atoms with van der Waals surface area (Å²) in [6.45, 7) is 0. The molecular weight excluding hydrogens is 389 g/mol. The van der Waals surface area contributed by atoms with Crippen LogP contribution in [-0.4, -0.2) is 12.1 Å². The first-order valence-corrected chi connectivity index (χ1v) is 9.57. The zero-order chi connectivity index (χ0) is 19.5. The van der Waals surface area contributed by atoms with Crippen molar-refractivity contribution in [3.63, 3.8) is 0 Å². The van der Waals surface area contributed by atoms with Crippen molar-refractivity contribution in [2.24, 2.45) is 0 Å². The number of para-hydroxylation sites is 1. The standard InChI is InChI=1S/C24H17Cl2NO/c1-28-24-5-3-2-4-21(24)18-14-22(16-6-10-19(25)11-7-16)27-23(15-18)17-8-12-20(26)13-9-17/h2-15H,1H3. The highest BCUT2D eigenvalue weighted by molar-refractivity contribution is 6.30. The predicted octanol–water partition coefficient (Wildman–Crippen LogP) is 7.40. The van der Waals surface area contributed by atoms with E-state index in [1.165, 1.54) is 0 Å². The Morgan fingerprint density at radius 3 is 1.64 bits per heavy atom. The van der Waals surface area contributed by atoms with Gasteiger partial charge in [0.15, 0.2) is 0 Å². The summed E-state index contributed by atoms with van der Waals surface area (Å²) in [6.07, 6.45) is 0. The highest BCUT2D eigenvalue weighted by Gasteiger charge is 2.12. The fraction of sp³-hybridized carbons (Fsp3) is 0.0417. The number of halogens is 2. The van der Waals surface area contributed by atoms with Crippen molar-refractivity contribution in [1.82, 2.24) is 4.98 Å². The van der Waals surface area contributed by atoms with Gasteiger partial charge in [-0.05, 0) is 48.0 Å². The maximum Gasteiger partial charge on any atom is 0.126 e. The molecule has 0 aliphatic carbocycles. The van der Waals surface area contributed by atoms with Gasteiger partial charge in [-0.25, -0.2) is 4.98 Å². The molecule has 1 aromatic heterocycles. The van der Waals surface area contributed by atoms with E-state index >= 15 is 0 Å². The van der Waals surface area contributed by atoms with Crippen LogP contribution in [0, 0.1) is 0 Å². The largest absolute Gasteiger partial charge is 0.496 e. The Hall–Kier alpha value is -2.81. The molecule has 0 fully saturated rings. The second-order valence-electron chi connectivity index (χ2n) is 6.34. The second kappa shape index (κ2) is 8.05. The van der Waals surface area contributed by atoms with E-state index in [9.17, 15) is 0 Å². The Bertz CT molecular complexity index is 1040. The zero-order valence-electron chi connectivity index (χ0n) is 15.2. The first-order chi connectivity index (χ1) is 13.6. The average molecular weight is 406 g/mol. The highest BCUT2D eigenvalue weighted by Crippen LogP contribution is 2.35. The smallest absolute Gasteiger partial charge is 0.126 e. The number of benzene rings is 3. The zero-order valence-corrected chi connectivity index (χ0v) is 16.7. The first-order valence-electron chi connectivity index (χ1n) is 8.81. The van der Waals surface area contributed by atoms with Crippen LogP contribution in [0.2, 0.25) is 10.0 Å². The van der Waals surface area contributed by atoms with E-state index in [0.717, 1.165) is 39.4 Å². The van der Waals surface area contributed by atoms with Crippen LogP contribution >= 0.6 is 23.2 Å². The van der Waals surface area contributed by atoms with Gasteiger partial charge in [0.1, 0.15) is 5.75 Å². The fourth-order valence-electron chi connectivity index (χ4n) is 3.11. The van der Waals surface area contributed by atoms with E-state index in [0.29, 0.717) is 10.0 Å². The summed E-state index contributed by atoms with van der Waals surface area (Å²) in [6, 6.07) is 27.5. The van der Waals surface area contributed by atoms with Crippen molar-refractivity contribution in [3.8, 4) is 39.4 Å². The maximum atomic E-state index is 6.06. The van der Waals surface area contributed by atoms with Gasteiger partial charge in [0, 0.05) is 26.7 Å². The van der Waals surface area contributed by atoms with E-state index in [4.69, 9.17) is 32.9 Å². The molecule has 0 aliphatic rings. The van der Waals surface area contributed by atoms with Crippen molar-refractivity contribution in [3.05, 3.63) is 95.0 Å². The minimum absolute atomic E-state index is 0.697. The van der Waals surface area contributed by atoms with E-state index in [-0.39, 0.29) is 0 Å². The molecule has 0 radical (unpaired) electrons. The highest BCUT2D eigenvalue weighted by atomic mass is 35.5. The van der Waals surface area contributed by atoms with Gasteiger partial charge >= 0.3 is 0 Å². The number of hydrogen-bond donors (Lipinski definition) is 0. The van der Waals surface area contributed by atoms with Gasteiger partial charge in [-0.2, -0.15) is 0 Å². The van der Waals surface area contributed by atoms with E-state index in [2.05, 4.69) is 12.1 Å². The summed E-state index contributed by atoms with van der Waals surface area (Å²) < 4.78 is 5.57. The molecule has 0 aliphatic heterocycles. The van der Waals surface area contributed by atoms with Crippen LogP contribution < -0.4 is 4.74 Å². The Morgan fingerprint density at radius 2 is 1.14 bits per heavy atom. The number of rotatable bonds is 4. The van der Waals surface area contributed by atoms with Gasteiger partial charge in [0.25, 0.3) is 0 Å². The summed E-state index contributed by atoms with van der Waals surface area (Å²) in [5.74, 6) is 0.817. The first kappa shape index (κ1) is 18.5. The molecule has 1 heterocycles. The van der Waals surface area contributed by atoms with Crippen molar-refractivity contribution in [2.45, 2.75) is 0 Å². The van der Waals surface area contributed by atoms with Gasteiger partial charge in [-0.3, -0.25) is 0 Å². The number of methoxy groups -OCH3 is 1. The third-order valence-corrected chi connectivity index (χ3v) is 5.03. The molecule has 0 amide bonds. The van der Waals surface area contributed by atoms with Gasteiger partial charge in [-0.1, -0.05) is 65.7 Å². The van der Waals surface area contributed by atoms with Crippen molar-refractivity contribution in [1.29, 1.82) is 0 Å². The van der Waals surface area contributed by atoms with Gasteiger partial charge in [-0.15, -0.1) is 0 Å². The third-order valence-electron chi connectivity index (χ3n) is 4.52. The molecule has 0 unspecified atom stereocenters. The summed E-state index contributed by atoms with van der Waals surface area (Å²) in [7, 11) is 1.68. The lowest BCUT2D eigenvalue weighted by Crippen LogP contribution is -1.93. The minimum atomic E-state index is 0.697. The third kappa shape index (κ3) is 3.89. The van der Waals surface area contributed by atoms with Gasteiger partial charge in [0.05, 0.1) is 18.5 Å². The van der Waals surface area contributed by atoms with Crippen LogP contribution in [0.1, 0.15) is 0 Å². The molecule has 0 spiro atoms. The second-order valence-corrected chi connectivity index (χ2v) is 7.21. The van der Waals surface area contributed by atoms with Crippen molar-refractivity contribution >= 4 is 23.2 Å². The lowest BCUT2D eigenvalue weighted by Gasteiger charge is -2.13. The summed E-state index contributed by atoms with van der Waals surface area (Å²) in [4.78, 5) is 4.89. The predicted molar refractivity (Wildman–Crippen MR) is 117 cm³/mol. The molecule has 2 nitrogen and oxygen atoms in total. The molecule has 0 N–H and O–H groups in total. The molecule has 0 saturated carbocycles. The Morgan fingerprint density at radius 1 is 0.643 bits per heavy atom. The fourth-order valence-corrected chi connectivity index (χ4v) is 3.36. The van der Waals surface area contributed by atoms with Crippen molar-refractivity contribution < 1.29 is 4.74 Å². The topological polar surface area (TPSA) is 22.1 Å². The summed E-state index contributed by atoms with van der Waals surface area (Å²) in [5.41, 5.74) is 5.77. The van der Waals surface area contributed by atoms with Gasteiger partial charge < -0.3 is 4.74 Å². The molecule has 4 heteroatoms. The Balaban J connectivity index is 1.92. The van der Waals surface area contributed by atoms with Crippen LogP contribution in [0.3, 0.4) is 0 Å². The molecule has 0 saturated heterocycles. The lowest BCUT2D eigenvalue weighted by atomic mass is 9.99. The van der Waals surface area contributed by atoms with Crippen LogP contribution in [0.4, 0.5) is 0 Å². The molecule has 0 bridgehead atoms. The van der Waals surface area contributed by atoms with E-state index in [1.54, 1.807) is 7.11 Å². The minimum Gasteiger partial charge on any atom is -0.496 e. The summed E-state index contributed by atoms with van der Waals surface area (Å²) >= 11 is 12.1. The van der Waals surface area contributed by atoms with Gasteiger partial charge in [0.2, 0.25) is 0 Å². The Labute approximate surface area is 174 Å². The summed E-state index contributed by atoms with van der Waals surface area (Å²) in [5, 5.41) is 1.39. The quantitative estimate of drug-likeness (QED) is 0.352. The average Bonchev–Trinajstić information content (AvgIpc) is 2.74. The maximum absolute atomic E-state index is 6.06. The van der Waals surface area contributed by atoms with Crippen LogP contribution in [0.5, 0.6) is 5.75 Å². The van der Waals surface area contributed by atoms with Crippen LogP contribution in [-0.2, 0) is 0 Å². The molecule has 28 heavy (non-hydrogen) atoms. The number of nitrogens with zero attached hydrogens (tertiary/aromatic N) is 1. The number of hydrogen-bond acceptors (Lipinski definition) is 2. The number of aromatic nitrogens is 1. The van der Waals surface area contributed by atoms with E-state index in [1.807, 2.05) is 72.8 Å². The molecule has 138 valence electrons. The molecule has 4 rings (SSSR count). The SMILES string of the molecule is COc1ccccc1-c1cc(-c2ccc(Cl)cc2)nc(-c2ccc(Cl)cc2)c1. The van der Waals surface area contributed by atoms with Crippen LogP contribution in [0.15, 0.2) is 84.9 Å². The van der Waals surface area contributed by atoms with E-state index < -0.39 is 0 Å². The van der Waals surface area contributed by atoms with Crippen LogP contribution in [0.25, 0.3) is 33.6 Å². The monoisotopic (exact) mass is 405 g/mol. The molecule has 3 aromatic carbocycles. The number of ether oxygens (including phenoxy) is 1. The normalized spacial score (nSPS) is 10.7. The van der Waals surface area contributed by atoms with Crippen molar-refractivity contribution in [2.75, 3.05) is 7.11 Å². The molecule has 0 atom stereocenters.